The van der Waals surface area contributed by atoms with E-state index in [0.29, 0.717) is 6.61 Å². The summed E-state index contributed by atoms with van der Waals surface area (Å²) in [5, 5.41) is 0. The van der Waals surface area contributed by atoms with Gasteiger partial charge >= 0.3 is 5.97 Å². The summed E-state index contributed by atoms with van der Waals surface area (Å²) >= 11 is 0. The molecule has 0 saturated carbocycles. The molecule has 0 aliphatic heterocycles. The molecule has 0 bridgehead atoms. The summed E-state index contributed by atoms with van der Waals surface area (Å²) in [6.07, 6.45) is 0.995. The van der Waals surface area contributed by atoms with Crippen molar-refractivity contribution in [2.45, 2.75) is 66.2 Å². The summed E-state index contributed by atoms with van der Waals surface area (Å²) in [6.45, 7) is 15.2. The van der Waals surface area contributed by atoms with Crippen LogP contribution >= 0.6 is 0 Å². The van der Waals surface area contributed by atoms with Crippen LogP contribution in [0.4, 0.5) is 0 Å². The summed E-state index contributed by atoms with van der Waals surface area (Å²) in [6, 6.07) is 8.75. The number of carbonyl (C=O) groups excluding carboxylic acids is 1. The third-order valence-electron chi connectivity index (χ3n) is 3.59. The Balaban J connectivity index is 2.94. The maximum absolute atomic E-state index is 11.1. The molecule has 0 aliphatic rings. The average Bonchev–Trinajstić information content (AvgIpc) is 2.32. The topological polar surface area (TPSA) is 26.3 Å². The fraction of sp³-hybridized carbons (Fsp3) is 0.632. The van der Waals surface area contributed by atoms with E-state index in [1.807, 2.05) is 0 Å². The number of hydrogen-bond acceptors (Lipinski definition) is 2. The molecule has 1 unspecified atom stereocenters. The molecule has 0 aromatic heterocycles. The van der Waals surface area contributed by atoms with Crippen LogP contribution in [0.15, 0.2) is 24.3 Å². The molecular formula is C19H30O2. The zero-order valence-corrected chi connectivity index (χ0v) is 14.6. The molecule has 0 heterocycles. The van der Waals surface area contributed by atoms with Crippen molar-refractivity contribution in [2.24, 2.45) is 5.41 Å². The lowest BCUT2D eigenvalue weighted by atomic mass is 9.80. The van der Waals surface area contributed by atoms with E-state index in [1.165, 1.54) is 18.1 Å². The maximum atomic E-state index is 11.1. The van der Waals surface area contributed by atoms with Crippen LogP contribution in [0, 0.1) is 5.41 Å². The molecule has 0 spiro atoms. The molecule has 118 valence electrons. The first-order chi connectivity index (χ1) is 9.49. The molecule has 1 atom stereocenters. The van der Waals surface area contributed by atoms with Gasteiger partial charge in [0.2, 0.25) is 0 Å². The van der Waals surface area contributed by atoms with E-state index in [9.17, 15) is 4.79 Å². The molecule has 1 aromatic rings. The third kappa shape index (κ3) is 6.33. The van der Waals surface area contributed by atoms with E-state index < -0.39 is 0 Å². The Bertz CT molecular complexity index is 458. The van der Waals surface area contributed by atoms with Crippen molar-refractivity contribution in [3.63, 3.8) is 0 Å². The van der Waals surface area contributed by atoms with Gasteiger partial charge in [0.25, 0.3) is 0 Å². The fourth-order valence-corrected chi connectivity index (χ4v) is 2.49. The van der Waals surface area contributed by atoms with Gasteiger partial charge in [0.1, 0.15) is 0 Å². The van der Waals surface area contributed by atoms with Gasteiger partial charge in [-0.1, -0.05) is 65.8 Å². The van der Waals surface area contributed by atoms with Gasteiger partial charge in [-0.05, 0) is 28.4 Å². The van der Waals surface area contributed by atoms with Crippen molar-refractivity contribution in [1.29, 1.82) is 0 Å². The molecule has 2 heteroatoms. The molecule has 21 heavy (non-hydrogen) atoms. The summed E-state index contributed by atoms with van der Waals surface area (Å²) in [5.41, 5.74) is 2.94. The van der Waals surface area contributed by atoms with Gasteiger partial charge in [0, 0.05) is 12.8 Å². The molecule has 0 radical (unpaired) electrons. The van der Waals surface area contributed by atoms with Gasteiger partial charge in [-0.2, -0.15) is 0 Å². The molecule has 0 saturated heterocycles. The second kappa shape index (κ2) is 6.64. The average molecular weight is 290 g/mol. The van der Waals surface area contributed by atoms with Crippen LogP contribution in [-0.4, -0.2) is 12.6 Å². The first-order valence-corrected chi connectivity index (χ1v) is 7.73. The van der Waals surface area contributed by atoms with Gasteiger partial charge < -0.3 is 4.74 Å². The number of carbonyl (C=O) groups is 1. The predicted octanol–water partition coefficient (Wildman–Crippen LogP) is 5.07. The lowest BCUT2D eigenvalue weighted by Gasteiger charge is -2.27. The summed E-state index contributed by atoms with van der Waals surface area (Å²) in [7, 11) is 0. The molecule has 0 fully saturated rings. The number of esters is 1. The molecule has 1 aromatic carbocycles. The van der Waals surface area contributed by atoms with Crippen molar-refractivity contribution in [2.75, 3.05) is 6.61 Å². The molecule has 2 nitrogen and oxygen atoms in total. The Labute approximate surface area is 129 Å². The largest absolute Gasteiger partial charge is 0.465 e. The lowest BCUT2D eigenvalue weighted by molar-refractivity contribution is -0.141. The van der Waals surface area contributed by atoms with Crippen LogP contribution in [0.25, 0.3) is 0 Å². The van der Waals surface area contributed by atoms with E-state index in [2.05, 4.69) is 65.8 Å². The molecule has 0 N–H and O–H groups in total. The minimum Gasteiger partial charge on any atom is -0.465 e. The highest BCUT2D eigenvalue weighted by Crippen LogP contribution is 2.32. The van der Waals surface area contributed by atoms with E-state index in [0.717, 1.165) is 6.42 Å². The van der Waals surface area contributed by atoms with Gasteiger partial charge in [-0.25, -0.2) is 0 Å². The lowest BCUT2D eigenvalue weighted by Crippen LogP contribution is -2.18. The normalized spacial score (nSPS) is 13.9. The zero-order valence-electron chi connectivity index (χ0n) is 14.6. The van der Waals surface area contributed by atoms with Crippen LogP contribution in [0.1, 0.15) is 71.9 Å². The molecule has 0 amide bonds. The Kier molecular flexibility index (Phi) is 5.61. The highest BCUT2D eigenvalue weighted by atomic mass is 16.5. The van der Waals surface area contributed by atoms with Crippen molar-refractivity contribution in [1.82, 2.24) is 0 Å². The number of ether oxygens (including phenoxy) is 1. The van der Waals surface area contributed by atoms with Crippen LogP contribution in [-0.2, 0) is 14.9 Å². The molecular weight excluding hydrogens is 260 g/mol. The Morgan fingerprint density at radius 1 is 1.05 bits per heavy atom. The quantitative estimate of drug-likeness (QED) is 0.724. The summed E-state index contributed by atoms with van der Waals surface area (Å²) in [5.74, 6) is 0.0446. The number of rotatable bonds is 4. The van der Waals surface area contributed by atoms with Gasteiger partial charge in [0.15, 0.2) is 0 Å². The van der Waals surface area contributed by atoms with Gasteiger partial charge in [-0.3, -0.25) is 4.79 Å². The maximum Gasteiger partial charge on any atom is 0.302 e. The van der Waals surface area contributed by atoms with E-state index >= 15 is 0 Å². The predicted molar refractivity (Wildman–Crippen MR) is 88.6 cm³/mol. The number of hydrogen-bond donors (Lipinski definition) is 0. The van der Waals surface area contributed by atoms with Crippen molar-refractivity contribution < 1.29 is 9.53 Å². The fourth-order valence-electron chi connectivity index (χ4n) is 2.49. The molecule has 1 rings (SSSR count). The van der Waals surface area contributed by atoms with E-state index in [-0.39, 0.29) is 22.7 Å². The highest BCUT2D eigenvalue weighted by molar-refractivity contribution is 5.65. The van der Waals surface area contributed by atoms with Crippen molar-refractivity contribution in [3.8, 4) is 0 Å². The smallest absolute Gasteiger partial charge is 0.302 e. The van der Waals surface area contributed by atoms with Gasteiger partial charge in [-0.15, -0.1) is 0 Å². The second-order valence-corrected chi connectivity index (χ2v) is 8.14. The standard InChI is InChI=1S/C19H30O2/c1-14(20)21-13-16(12-18(2,3)4)15-8-10-17(11-9-15)19(5,6)7/h8-11,16H,12-13H2,1-7H3. The van der Waals surface area contributed by atoms with Crippen molar-refractivity contribution >= 4 is 5.97 Å². The van der Waals surface area contributed by atoms with Gasteiger partial charge in [0.05, 0.1) is 6.61 Å². The Morgan fingerprint density at radius 3 is 1.95 bits per heavy atom. The van der Waals surface area contributed by atoms with E-state index in [1.54, 1.807) is 0 Å². The van der Waals surface area contributed by atoms with Crippen LogP contribution in [0.5, 0.6) is 0 Å². The second-order valence-electron chi connectivity index (χ2n) is 8.14. The zero-order chi connectivity index (χ0) is 16.3. The first kappa shape index (κ1) is 17.7. The van der Waals surface area contributed by atoms with Crippen LogP contribution in [0.2, 0.25) is 0 Å². The molecule has 0 aliphatic carbocycles. The van der Waals surface area contributed by atoms with Crippen LogP contribution < -0.4 is 0 Å². The van der Waals surface area contributed by atoms with Crippen LogP contribution in [0.3, 0.4) is 0 Å². The van der Waals surface area contributed by atoms with Crippen molar-refractivity contribution in [3.05, 3.63) is 35.4 Å². The first-order valence-electron chi connectivity index (χ1n) is 7.73. The number of benzene rings is 1. The minimum absolute atomic E-state index is 0.161. The third-order valence-corrected chi connectivity index (χ3v) is 3.59. The Hall–Kier alpha value is -1.31. The monoisotopic (exact) mass is 290 g/mol. The minimum atomic E-state index is -0.208. The summed E-state index contributed by atoms with van der Waals surface area (Å²) < 4.78 is 5.26. The SMILES string of the molecule is CC(=O)OCC(CC(C)(C)C)c1ccc(C(C)(C)C)cc1. The Morgan fingerprint density at radius 2 is 1.57 bits per heavy atom. The highest BCUT2D eigenvalue weighted by Gasteiger charge is 2.22. The summed E-state index contributed by atoms with van der Waals surface area (Å²) in [4.78, 5) is 11.1. The van der Waals surface area contributed by atoms with E-state index in [4.69, 9.17) is 4.74 Å².